The van der Waals surface area contributed by atoms with Gasteiger partial charge in [0.2, 0.25) is 15.9 Å². The Labute approximate surface area is 237 Å². The van der Waals surface area contributed by atoms with Crippen molar-refractivity contribution in [3.8, 4) is 16.8 Å². The number of likely N-dealkylation sites (tertiary alicyclic amines) is 1. The normalized spacial score (nSPS) is 17.3. The predicted octanol–water partition coefficient (Wildman–Crippen LogP) is 2.26. The molecule has 0 spiro atoms. The molecule has 214 valence electrons. The smallest absolute Gasteiger partial charge is 0.264 e. The van der Waals surface area contributed by atoms with Crippen LogP contribution in [-0.4, -0.2) is 80.8 Å². The largest absolute Gasteiger partial charge is 0.388 e. The average Bonchev–Trinajstić information content (AvgIpc) is 3.73. The Kier molecular flexibility index (Phi) is 6.79. The Balaban J connectivity index is 1.25. The Morgan fingerprint density at radius 3 is 2.44 bits per heavy atom. The van der Waals surface area contributed by atoms with E-state index in [9.17, 15) is 23.1 Å². The number of nitrogens with zero attached hydrogens (tertiary/aromatic N) is 6. The molecule has 11 nitrogen and oxygen atoms in total. The van der Waals surface area contributed by atoms with Gasteiger partial charge in [-0.15, -0.1) is 0 Å². The van der Waals surface area contributed by atoms with Gasteiger partial charge in [0.25, 0.3) is 5.56 Å². The number of sulfonamides is 1. The van der Waals surface area contributed by atoms with Gasteiger partial charge < -0.3 is 10.0 Å². The third-order valence-corrected chi connectivity index (χ3v) is 9.80. The van der Waals surface area contributed by atoms with Gasteiger partial charge in [0.15, 0.2) is 5.65 Å². The van der Waals surface area contributed by atoms with Crippen molar-refractivity contribution in [2.24, 2.45) is 5.92 Å². The summed E-state index contributed by atoms with van der Waals surface area (Å²) in [6.07, 6.45) is 5.61. The highest BCUT2D eigenvalue weighted by molar-refractivity contribution is 7.89. The maximum Gasteiger partial charge on any atom is 0.264 e. The van der Waals surface area contributed by atoms with Crippen LogP contribution in [0, 0.1) is 5.92 Å². The van der Waals surface area contributed by atoms with Gasteiger partial charge in [0.1, 0.15) is 11.7 Å². The minimum atomic E-state index is -3.59. The van der Waals surface area contributed by atoms with Crippen molar-refractivity contribution in [2.45, 2.75) is 42.7 Å². The van der Waals surface area contributed by atoms with Gasteiger partial charge in [0.05, 0.1) is 28.9 Å². The molecular weight excluding hydrogens is 544 g/mol. The first-order valence-electron chi connectivity index (χ1n) is 13.6. The zero-order chi connectivity index (χ0) is 28.9. The predicted molar refractivity (Wildman–Crippen MR) is 153 cm³/mol. The Hall–Kier alpha value is -3.87. The first-order chi connectivity index (χ1) is 19.6. The number of rotatable bonds is 7. The number of fused-ring (bicyclic) bond motifs is 1. The van der Waals surface area contributed by atoms with Crippen LogP contribution in [0.1, 0.15) is 25.7 Å². The van der Waals surface area contributed by atoms with E-state index in [4.69, 9.17) is 0 Å². The van der Waals surface area contributed by atoms with Crippen molar-refractivity contribution >= 4 is 27.0 Å². The Bertz CT molecular complexity index is 1800. The molecule has 2 fully saturated rings. The molecule has 12 heteroatoms. The van der Waals surface area contributed by atoms with Crippen LogP contribution in [0.5, 0.6) is 0 Å². The van der Waals surface area contributed by atoms with Gasteiger partial charge in [-0.25, -0.2) is 22.4 Å². The first-order valence-corrected chi connectivity index (χ1v) is 15.1. The second kappa shape index (κ2) is 10.2. The maximum atomic E-state index is 13.4. The van der Waals surface area contributed by atoms with Gasteiger partial charge in [-0.1, -0.05) is 24.3 Å². The standard InChI is InChI=1S/C29H32N6O5S/c1-32(2)41(39,40)24-8-4-6-22(16-24)21-5-3-7-23(15-21)35-26-25(17-31-35)28(37)34(19-30-26)18-29(38)11-13-33(14-12-29)27(36)20-9-10-20/h3-8,15-17,19-20,38H,9-14,18H2,1-2H3. The van der Waals surface area contributed by atoms with E-state index in [1.54, 1.807) is 22.9 Å². The molecule has 1 aliphatic heterocycles. The number of carbonyl (C=O) groups is 1. The highest BCUT2D eigenvalue weighted by atomic mass is 32.2. The number of hydrogen-bond donors (Lipinski definition) is 1. The highest BCUT2D eigenvalue weighted by Gasteiger charge is 2.39. The molecule has 1 saturated heterocycles. The van der Waals surface area contributed by atoms with Crippen molar-refractivity contribution < 1.29 is 18.3 Å². The fraction of sp³-hybridized carbons (Fsp3) is 0.379. The van der Waals surface area contributed by atoms with Crippen LogP contribution in [0.2, 0.25) is 0 Å². The summed E-state index contributed by atoms with van der Waals surface area (Å²) in [4.78, 5) is 32.3. The van der Waals surface area contributed by atoms with E-state index in [1.807, 2.05) is 35.2 Å². The van der Waals surface area contributed by atoms with Crippen LogP contribution in [-0.2, 0) is 21.4 Å². The lowest BCUT2D eigenvalue weighted by Crippen LogP contribution is -2.50. The van der Waals surface area contributed by atoms with Crippen molar-refractivity contribution in [3.63, 3.8) is 0 Å². The van der Waals surface area contributed by atoms with E-state index in [1.165, 1.54) is 35.5 Å². The van der Waals surface area contributed by atoms with Crippen LogP contribution in [0.15, 0.2) is 70.7 Å². The van der Waals surface area contributed by atoms with E-state index in [0.717, 1.165) is 24.0 Å². The van der Waals surface area contributed by atoms with Gasteiger partial charge >= 0.3 is 0 Å². The summed E-state index contributed by atoms with van der Waals surface area (Å²) in [6, 6.07) is 14.1. The quantitative estimate of drug-likeness (QED) is 0.357. The SMILES string of the molecule is CN(C)S(=O)(=O)c1cccc(-c2cccc(-n3ncc4c(=O)n(CC5(O)CCN(C(=O)C6CC6)CC5)cnc43)c2)c1. The number of hydrogen-bond acceptors (Lipinski definition) is 7. The van der Waals surface area contributed by atoms with Crippen molar-refractivity contribution in [1.29, 1.82) is 0 Å². The molecule has 0 radical (unpaired) electrons. The summed E-state index contributed by atoms with van der Waals surface area (Å²) in [5.41, 5.74) is 1.14. The van der Waals surface area contributed by atoms with Crippen molar-refractivity contribution in [3.05, 3.63) is 71.4 Å². The van der Waals surface area contributed by atoms with Gasteiger partial charge in [0, 0.05) is 33.1 Å². The van der Waals surface area contributed by atoms with Crippen LogP contribution < -0.4 is 5.56 Å². The second-order valence-electron chi connectivity index (χ2n) is 11.2. The molecule has 2 aromatic carbocycles. The van der Waals surface area contributed by atoms with Gasteiger partial charge in [-0.2, -0.15) is 5.10 Å². The minimum absolute atomic E-state index is 0.0904. The molecule has 0 atom stereocenters. The topological polar surface area (TPSA) is 131 Å². The van der Waals surface area contributed by atoms with Gasteiger partial charge in [-0.05, 0) is 61.1 Å². The number of amides is 1. The monoisotopic (exact) mass is 576 g/mol. The number of aliphatic hydroxyl groups is 1. The summed E-state index contributed by atoms with van der Waals surface area (Å²) < 4.78 is 29.4. The summed E-state index contributed by atoms with van der Waals surface area (Å²) in [5, 5.41) is 16.0. The van der Waals surface area contributed by atoms with Crippen LogP contribution in [0.3, 0.4) is 0 Å². The molecule has 1 amide bonds. The molecule has 1 aliphatic carbocycles. The van der Waals surface area contributed by atoms with Gasteiger partial charge in [-0.3, -0.25) is 14.2 Å². The van der Waals surface area contributed by atoms with E-state index in [2.05, 4.69) is 10.1 Å². The molecule has 41 heavy (non-hydrogen) atoms. The molecule has 1 N–H and O–H groups in total. The number of carbonyl (C=O) groups excluding carboxylic acids is 1. The van der Waals surface area contributed by atoms with Crippen LogP contribution in [0.4, 0.5) is 0 Å². The van der Waals surface area contributed by atoms with E-state index < -0.39 is 15.6 Å². The molecule has 0 unspecified atom stereocenters. The van der Waals surface area contributed by atoms with E-state index in [0.29, 0.717) is 42.7 Å². The average molecular weight is 577 g/mol. The molecule has 0 bridgehead atoms. The lowest BCUT2D eigenvalue weighted by atomic mass is 9.91. The van der Waals surface area contributed by atoms with Crippen molar-refractivity contribution in [2.75, 3.05) is 27.2 Å². The third kappa shape index (κ3) is 5.18. The molecule has 4 aromatic rings. The van der Waals surface area contributed by atoms with E-state index >= 15 is 0 Å². The summed E-state index contributed by atoms with van der Waals surface area (Å²) in [7, 11) is -0.600. The lowest BCUT2D eigenvalue weighted by molar-refractivity contribution is -0.137. The van der Waals surface area contributed by atoms with E-state index in [-0.39, 0.29) is 28.8 Å². The molecule has 3 heterocycles. The minimum Gasteiger partial charge on any atom is -0.388 e. The fourth-order valence-corrected chi connectivity index (χ4v) is 6.27. The second-order valence-corrected chi connectivity index (χ2v) is 13.3. The third-order valence-electron chi connectivity index (χ3n) is 7.99. The maximum absolute atomic E-state index is 13.4. The highest BCUT2D eigenvalue weighted by Crippen LogP contribution is 2.33. The Morgan fingerprint density at radius 1 is 1.07 bits per heavy atom. The lowest BCUT2D eigenvalue weighted by Gasteiger charge is -2.38. The first kappa shape index (κ1) is 27.3. The molecule has 2 aliphatic rings. The fourth-order valence-electron chi connectivity index (χ4n) is 5.32. The summed E-state index contributed by atoms with van der Waals surface area (Å²) in [6.45, 7) is 1.05. The summed E-state index contributed by atoms with van der Waals surface area (Å²) >= 11 is 0. The molecule has 1 saturated carbocycles. The number of aromatic nitrogens is 4. The molecule has 6 rings (SSSR count). The summed E-state index contributed by atoms with van der Waals surface area (Å²) in [5.74, 6) is 0.326. The zero-order valence-electron chi connectivity index (χ0n) is 23.0. The van der Waals surface area contributed by atoms with Crippen LogP contribution >= 0.6 is 0 Å². The number of benzene rings is 2. The zero-order valence-corrected chi connectivity index (χ0v) is 23.8. The van der Waals surface area contributed by atoms with Crippen LogP contribution in [0.25, 0.3) is 27.8 Å². The van der Waals surface area contributed by atoms with Crippen molar-refractivity contribution in [1.82, 2.24) is 28.5 Å². The molecular formula is C29H32N6O5S. The Morgan fingerprint density at radius 2 is 1.76 bits per heavy atom. The number of piperidine rings is 1. The molecule has 2 aromatic heterocycles.